The molecule has 6 heteroatoms. The van der Waals surface area contributed by atoms with Crippen LogP contribution >= 0.6 is 11.8 Å². The van der Waals surface area contributed by atoms with Crippen LogP contribution in [-0.4, -0.2) is 40.2 Å². The first kappa shape index (κ1) is 14.7. The molecule has 2 aromatic rings. The lowest BCUT2D eigenvalue weighted by Crippen LogP contribution is -2.10. The number of rotatable bonds is 6. The van der Waals surface area contributed by atoms with Gasteiger partial charge >= 0.3 is 5.97 Å². The number of aliphatic hydroxyl groups excluding tert-OH is 1. The van der Waals surface area contributed by atoms with Gasteiger partial charge in [-0.05, 0) is 19.4 Å². The molecule has 1 aromatic carbocycles. The third-order valence-electron chi connectivity index (χ3n) is 2.64. The third kappa shape index (κ3) is 3.26. The third-order valence-corrected chi connectivity index (χ3v) is 3.83. The molecule has 0 aliphatic heterocycles. The van der Waals surface area contributed by atoms with Gasteiger partial charge in [-0.25, -0.2) is 4.79 Å². The van der Waals surface area contributed by atoms with Crippen LogP contribution in [0.25, 0.3) is 10.9 Å². The highest BCUT2D eigenvalue weighted by Crippen LogP contribution is 2.30. The molecule has 106 valence electrons. The van der Waals surface area contributed by atoms with Crippen molar-refractivity contribution in [3.05, 3.63) is 30.0 Å². The minimum atomic E-state index is -0.461. The van der Waals surface area contributed by atoms with Gasteiger partial charge in [0, 0.05) is 17.7 Å². The molecule has 0 bridgehead atoms. The fourth-order valence-corrected chi connectivity index (χ4v) is 2.81. The second-order valence-electron chi connectivity index (χ2n) is 4.04. The van der Waals surface area contributed by atoms with Crippen molar-refractivity contribution in [1.29, 1.82) is 0 Å². The van der Waals surface area contributed by atoms with Crippen molar-refractivity contribution >= 4 is 28.6 Å². The highest BCUT2D eigenvalue weighted by atomic mass is 32.2. The summed E-state index contributed by atoms with van der Waals surface area (Å²) in [6.07, 6.45) is 0.656. The Labute approximate surface area is 121 Å². The molecule has 0 aliphatic carbocycles. The molecule has 0 aliphatic rings. The molecule has 1 aromatic heterocycles. The number of ether oxygens (including phenoxy) is 1. The van der Waals surface area contributed by atoms with Crippen LogP contribution < -0.4 is 0 Å². The second kappa shape index (κ2) is 7.21. The number of fused-ring (bicyclic) bond motifs is 1. The standard InChI is InChI=1S/C14H16N2O3S/c1-2-19-14(18)12-13(20-9-5-8-17)10-6-3-4-7-11(10)15-16-12/h3-4,6-7,17H,2,5,8-9H2,1H3. The van der Waals surface area contributed by atoms with E-state index < -0.39 is 5.97 Å². The van der Waals surface area contributed by atoms with E-state index in [0.717, 1.165) is 15.8 Å². The van der Waals surface area contributed by atoms with Crippen LogP contribution in [0.15, 0.2) is 29.2 Å². The molecule has 0 saturated carbocycles. The maximum atomic E-state index is 12.0. The fourth-order valence-electron chi connectivity index (χ4n) is 1.75. The Bertz CT molecular complexity index is 604. The van der Waals surface area contributed by atoms with E-state index in [0.29, 0.717) is 18.8 Å². The van der Waals surface area contributed by atoms with Crippen molar-refractivity contribution in [2.45, 2.75) is 18.2 Å². The van der Waals surface area contributed by atoms with Gasteiger partial charge in [-0.1, -0.05) is 18.2 Å². The summed E-state index contributed by atoms with van der Waals surface area (Å²) in [5.74, 6) is 0.246. The quantitative estimate of drug-likeness (QED) is 0.500. The summed E-state index contributed by atoms with van der Waals surface area (Å²) in [7, 11) is 0. The first-order valence-electron chi connectivity index (χ1n) is 6.44. The molecule has 0 unspecified atom stereocenters. The van der Waals surface area contributed by atoms with E-state index >= 15 is 0 Å². The topological polar surface area (TPSA) is 72.3 Å². The zero-order valence-corrected chi connectivity index (χ0v) is 12.0. The number of hydrogen-bond acceptors (Lipinski definition) is 6. The number of nitrogens with zero attached hydrogens (tertiary/aromatic N) is 2. The molecule has 0 saturated heterocycles. The van der Waals surface area contributed by atoms with E-state index in [1.807, 2.05) is 24.3 Å². The van der Waals surface area contributed by atoms with E-state index in [1.165, 1.54) is 11.8 Å². The summed E-state index contributed by atoms with van der Waals surface area (Å²) in [6.45, 7) is 2.18. The number of carbonyl (C=O) groups is 1. The van der Waals surface area contributed by atoms with Gasteiger partial charge < -0.3 is 9.84 Å². The largest absolute Gasteiger partial charge is 0.461 e. The smallest absolute Gasteiger partial charge is 0.360 e. The first-order chi connectivity index (χ1) is 9.77. The van der Waals surface area contributed by atoms with Crippen LogP contribution in [0.3, 0.4) is 0 Å². The second-order valence-corrected chi connectivity index (χ2v) is 5.15. The summed E-state index contributed by atoms with van der Waals surface area (Å²) in [6, 6.07) is 7.54. The molecule has 1 heterocycles. The number of benzene rings is 1. The van der Waals surface area contributed by atoms with E-state index in [-0.39, 0.29) is 12.3 Å². The van der Waals surface area contributed by atoms with Gasteiger partial charge in [-0.2, -0.15) is 0 Å². The average molecular weight is 292 g/mol. The zero-order chi connectivity index (χ0) is 14.4. The van der Waals surface area contributed by atoms with Crippen molar-refractivity contribution in [1.82, 2.24) is 10.2 Å². The van der Waals surface area contributed by atoms with Crippen molar-refractivity contribution < 1.29 is 14.6 Å². The predicted molar refractivity (Wildman–Crippen MR) is 77.9 cm³/mol. The molecule has 1 N–H and O–H groups in total. The Morgan fingerprint density at radius 1 is 1.35 bits per heavy atom. The predicted octanol–water partition coefficient (Wildman–Crippen LogP) is 2.28. The van der Waals surface area contributed by atoms with Crippen molar-refractivity contribution in [3.8, 4) is 0 Å². The van der Waals surface area contributed by atoms with E-state index in [4.69, 9.17) is 9.84 Å². The molecular formula is C14H16N2O3S. The maximum Gasteiger partial charge on any atom is 0.360 e. The lowest BCUT2D eigenvalue weighted by molar-refractivity contribution is 0.0514. The Morgan fingerprint density at radius 3 is 2.90 bits per heavy atom. The van der Waals surface area contributed by atoms with Crippen LogP contribution in [0.2, 0.25) is 0 Å². The van der Waals surface area contributed by atoms with Crippen LogP contribution in [0.4, 0.5) is 0 Å². The number of carbonyl (C=O) groups excluding carboxylic acids is 1. The molecule has 0 fully saturated rings. The Balaban J connectivity index is 2.44. The van der Waals surface area contributed by atoms with Crippen molar-refractivity contribution in [2.24, 2.45) is 0 Å². The first-order valence-corrected chi connectivity index (χ1v) is 7.42. The van der Waals surface area contributed by atoms with Crippen LogP contribution in [0, 0.1) is 0 Å². The molecule has 0 amide bonds. The fraction of sp³-hybridized carbons (Fsp3) is 0.357. The van der Waals surface area contributed by atoms with Crippen LogP contribution in [0.5, 0.6) is 0 Å². The Hall–Kier alpha value is -1.66. The summed E-state index contributed by atoms with van der Waals surface area (Å²) in [5.41, 5.74) is 0.987. The number of aromatic nitrogens is 2. The van der Waals surface area contributed by atoms with Crippen LogP contribution in [0.1, 0.15) is 23.8 Å². The number of hydrogen-bond donors (Lipinski definition) is 1. The number of esters is 1. The molecule has 0 radical (unpaired) electrons. The van der Waals surface area contributed by atoms with Crippen molar-refractivity contribution in [2.75, 3.05) is 19.0 Å². The molecule has 20 heavy (non-hydrogen) atoms. The van der Waals surface area contributed by atoms with Crippen molar-refractivity contribution in [3.63, 3.8) is 0 Å². The summed E-state index contributed by atoms with van der Waals surface area (Å²) in [4.78, 5) is 12.7. The zero-order valence-electron chi connectivity index (χ0n) is 11.2. The molecule has 5 nitrogen and oxygen atoms in total. The SMILES string of the molecule is CCOC(=O)c1nnc2ccccc2c1SCCCO. The lowest BCUT2D eigenvalue weighted by atomic mass is 10.2. The Kier molecular flexibility index (Phi) is 5.31. The molecule has 0 atom stereocenters. The highest BCUT2D eigenvalue weighted by molar-refractivity contribution is 7.99. The molecule has 2 rings (SSSR count). The van der Waals surface area contributed by atoms with Crippen LogP contribution in [-0.2, 0) is 4.74 Å². The Morgan fingerprint density at radius 2 is 2.15 bits per heavy atom. The van der Waals surface area contributed by atoms with Gasteiger partial charge in [0.05, 0.1) is 17.0 Å². The maximum absolute atomic E-state index is 12.0. The number of thioether (sulfide) groups is 1. The van der Waals surface area contributed by atoms with Gasteiger partial charge in [-0.15, -0.1) is 22.0 Å². The highest BCUT2D eigenvalue weighted by Gasteiger charge is 2.18. The van der Waals surface area contributed by atoms with Gasteiger partial charge in [0.2, 0.25) is 0 Å². The van der Waals surface area contributed by atoms with E-state index in [2.05, 4.69) is 10.2 Å². The lowest BCUT2D eigenvalue weighted by Gasteiger charge is -2.09. The summed E-state index contributed by atoms with van der Waals surface area (Å²) in [5, 5.41) is 17.8. The van der Waals surface area contributed by atoms with E-state index in [1.54, 1.807) is 6.92 Å². The van der Waals surface area contributed by atoms with Gasteiger partial charge in [0.25, 0.3) is 0 Å². The van der Waals surface area contributed by atoms with Gasteiger partial charge in [-0.3, -0.25) is 0 Å². The molecule has 0 spiro atoms. The average Bonchev–Trinajstić information content (AvgIpc) is 2.47. The summed E-state index contributed by atoms with van der Waals surface area (Å²) >= 11 is 1.49. The monoisotopic (exact) mass is 292 g/mol. The summed E-state index contributed by atoms with van der Waals surface area (Å²) < 4.78 is 5.02. The minimum absolute atomic E-state index is 0.123. The minimum Gasteiger partial charge on any atom is -0.461 e. The normalized spacial score (nSPS) is 10.7. The molecular weight excluding hydrogens is 276 g/mol. The number of aliphatic hydroxyl groups is 1. The van der Waals surface area contributed by atoms with E-state index in [9.17, 15) is 4.79 Å². The van der Waals surface area contributed by atoms with Gasteiger partial charge in [0.15, 0.2) is 5.69 Å². The van der Waals surface area contributed by atoms with Gasteiger partial charge in [0.1, 0.15) is 0 Å².